The second kappa shape index (κ2) is 10.0. The lowest BCUT2D eigenvalue weighted by molar-refractivity contribution is 0.835. The highest BCUT2D eigenvalue weighted by atomic mass is 28.3. The van der Waals surface area contributed by atoms with Crippen molar-refractivity contribution in [2.24, 2.45) is 0 Å². The molecular formula is C27H44N2Si. The molecule has 2 nitrogen and oxygen atoms in total. The third-order valence-electron chi connectivity index (χ3n) is 5.92. The molecule has 2 aromatic carbocycles. The van der Waals surface area contributed by atoms with Crippen molar-refractivity contribution in [3.63, 3.8) is 0 Å². The molecule has 0 atom stereocenters. The Labute approximate surface area is 187 Å². The fourth-order valence-corrected chi connectivity index (χ4v) is 5.82. The zero-order valence-electron chi connectivity index (χ0n) is 21.0. The topological polar surface area (TPSA) is 24.1 Å². The fourth-order valence-electron chi connectivity index (χ4n) is 4.14. The summed E-state index contributed by atoms with van der Waals surface area (Å²) in [4.78, 5) is 4.06. The van der Waals surface area contributed by atoms with Crippen LogP contribution in [0.1, 0.15) is 101 Å². The van der Waals surface area contributed by atoms with Gasteiger partial charge in [-0.1, -0.05) is 105 Å². The molecule has 0 unspecified atom stereocenters. The van der Waals surface area contributed by atoms with Crippen LogP contribution in [0.15, 0.2) is 36.4 Å². The summed E-state index contributed by atoms with van der Waals surface area (Å²) >= 11 is 0. The number of anilines is 2. The van der Waals surface area contributed by atoms with Crippen LogP contribution < -0.4 is 10.3 Å². The van der Waals surface area contributed by atoms with Gasteiger partial charge in [-0.2, -0.15) is 0 Å². The van der Waals surface area contributed by atoms with Crippen LogP contribution in [0.3, 0.4) is 0 Å². The van der Waals surface area contributed by atoms with Crippen LogP contribution in [-0.2, 0) is 0 Å². The van der Waals surface area contributed by atoms with Crippen LogP contribution in [-0.4, -0.2) is 14.4 Å². The Bertz CT molecular complexity index is 782. The molecule has 166 valence electrons. The van der Waals surface area contributed by atoms with Crippen molar-refractivity contribution in [1.82, 2.24) is 0 Å². The van der Waals surface area contributed by atoms with Gasteiger partial charge in [0.2, 0.25) is 0 Å². The summed E-state index contributed by atoms with van der Waals surface area (Å²) in [5.74, 6) is 2.05. The average molecular weight is 425 g/mol. The molecule has 0 aliphatic rings. The van der Waals surface area contributed by atoms with Crippen LogP contribution in [0.25, 0.3) is 0 Å². The normalized spacial score (nSPS) is 12.3. The molecule has 2 aromatic rings. The van der Waals surface area contributed by atoms with Crippen molar-refractivity contribution in [3.8, 4) is 0 Å². The number of nitrogens with one attached hydrogen (secondary N) is 2. The Morgan fingerprint density at radius 3 is 1.27 bits per heavy atom. The van der Waals surface area contributed by atoms with Gasteiger partial charge < -0.3 is 10.3 Å². The van der Waals surface area contributed by atoms with Gasteiger partial charge in [-0.05, 0) is 45.9 Å². The van der Waals surface area contributed by atoms with Crippen LogP contribution in [0, 0.1) is 0 Å². The summed E-state index contributed by atoms with van der Waals surface area (Å²) in [6.07, 6.45) is 1.00. The van der Waals surface area contributed by atoms with E-state index in [9.17, 15) is 0 Å². The molecule has 0 fully saturated rings. The van der Waals surface area contributed by atoms with Crippen molar-refractivity contribution >= 4 is 19.6 Å². The van der Waals surface area contributed by atoms with E-state index >= 15 is 0 Å². The summed E-state index contributed by atoms with van der Waals surface area (Å²) in [5.41, 5.74) is 8.46. The molecule has 0 radical (unpaired) electrons. The van der Waals surface area contributed by atoms with Crippen molar-refractivity contribution in [3.05, 3.63) is 58.7 Å². The summed E-state index contributed by atoms with van der Waals surface area (Å²) in [6.45, 7) is 23.2. The Hall–Kier alpha value is -1.74. The molecule has 0 heterocycles. The van der Waals surface area contributed by atoms with E-state index in [2.05, 4.69) is 115 Å². The second-order valence-electron chi connectivity index (χ2n) is 10.6. The van der Waals surface area contributed by atoms with Gasteiger partial charge in [0, 0.05) is 17.5 Å². The summed E-state index contributed by atoms with van der Waals surface area (Å²) in [7, 11) is -1.76. The first-order chi connectivity index (χ1) is 13.9. The largest absolute Gasteiger partial charge is 0.409 e. The minimum absolute atomic E-state index is 0.512. The first-order valence-corrected chi connectivity index (χ1v) is 14.9. The molecule has 0 saturated heterocycles. The summed E-state index contributed by atoms with van der Waals surface area (Å²) in [5, 5.41) is 3.90. The van der Waals surface area contributed by atoms with Crippen LogP contribution in [0.2, 0.25) is 13.1 Å². The summed E-state index contributed by atoms with van der Waals surface area (Å²) < 4.78 is 0. The quantitative estimate of drug-likeness (QED) is 0.394. The van der Waals surface area contributed by atoms with Crippen LogP contribution in [0.5, 0.6) is 0 Å². The number of benzene rings is 2. The Morgan fingerprint density at radius 1 is 0.600 bits per heavy atom. The second-order valence-corrected chi connectivity index (χ2v) is 15.0. The molecule has 0 bridgehead atoms. The van der Waals surface area contributed by atoms with E-state index < -0.39 is 8.24 Å². The maximum Gasteiger partial charge on any atom is 0.166 e. The van der Waals surface area contributed by atoms with Gasteiger partial charge in [-0.3, -0.25) is 0 Å². The predicted molar refractivity (Wildman–Crippen MR) is 139 cm³/mol. The third-order valence-corrected chi connectivity index (χ3v) is 7.90. The molecule has 0 aliphatic carbocycles. The van der Waals surface area contributed by atoms with Crippen molar-refractivity contribution < 1.29 is 0 Å². The molecule has 3 heteroatoms. The molecule has 0 aromatic heterocycles. The van der Waals surface area contributed by atoms with Gasteiger partial charge in [0.1, 0.15) is 0 Å². The van der Waals surface area contributed by atoms with E-state index in [1.54, 1.807) is 0 Å². The number of rotatable bonds is 9. The maximum absolute atomic E-state index is 4.06. The SMILES string of the molecule is CC(C)c1cccc(C(C)C)c1NC[Si](C)(C)Nc1c(C(C)C)cccc1C(C)C. The van der Waals surface area contributed by atoms with Gasteiger partial charge in [0.05, 0.1) is 0 Å². The lowest BCUT2D eigenvalue weighted by Gasteiger charge is -2.32. The molecule has 0 spiro atoms. The molecule has 0 saturated carbocycles. The first kappa shape index (κ1) is 24.5. The van der Waals surface area contributed by atoms with E-state index in [1.165, 1.54) is 33.6 Å². The van der Waals surface area contributed by atoms with Crippen molar-refractivity contribution in [2.45, 2.75) is 92.2 Å². The predicted octanol–water partition coefficient (Wildman–Crippen LogP) is 8.45. The molecular weight excluding hydrogens is 380 g/mol. The van der Waals surface area contributed by atoms with Gasteiger partial charge >= 0.3 is 0 Å². The Morgan fingerprint density at radius 2 is 0.933 bits per heavy atom. The average Bonchev–Trinajstić information content (AvgIpc) is 2.65. The minimum atomic E-state index is -1.76. The maximum atomic E-state index is 4.06. The molecule has 0 amide bonds. The molecule has 30 heavy (non-hydrogen) atoms. The highest BCUT2D eigenvalue weighted by Gasteiger charge is 2.26. The third kappa shape index (κ3) is 5.91. The standard InChI is InChI=1S/C27H44N2Si/c1-18(2)22-13-11-14-23(19(3)4)26(22)28-17-30(9,10)29-27-24(20(5)6)15-12-16-25(27)21(7)8/h11-16,18-21,28-29H,17H2,1-10H3. The zero-order valence-corrected chi connectivity index (χ0v) is 22.0. The van der Waals surface area contributed by atoms with Gasteiger partial charge in [-0.15, -0.1) is 0 Å². The fraction of sp³-hybridized carbons (Fsp3) is 0.556. The Kier molecular flexibility index (Phi) is 8.21. The number of hydrogen-bond donors (Lipinski definition) is 2. The van der Waals surface area contributed by atoms with Gasteiger partial charge in [0.15, 0.2) is 8.24 Å². The Balaban J connectivity index is 2.34. The van der Waals surface area contributed by atoms with E-state index in [0.29, 0.717) is 23.7 Å². The van der Waals surface area contributed by atoms with E-state index in [0.717, 1.165) is 6.17 Å². The van der Waals surface area contributed by atoms with E-state index in [-0.39, 0.29) is 0 Å². The minimum Gasteiger partial charge on any atom is -0.409 e. The van der Waals surface area contributed by atoms with Gasteiger partial charge in [-0.25, -0.2) is 0 Å². The lowest BCUT2D eigenvalue weighted by Crippen LogP contribution is -2.45. The lowest BCUT2D eigenvalue weighted by atomic mass is 9.93. The van der Waals surface area contributed by atoms with Crippen molar-refractivity contribution in [1.29, 1.82) is 0 Å². The zero-order chi connectivity index (χ0) is 22.6. The van der Waals surface area contributed by atoms with E-state index in [1.807, 2.05) is 0 Å². The highest BCUT2D eigenvalue weighted by molar-refractivity contribution is 6.81. The van der Waals surface area contributed by atoms with Crippen LogP contribution >= 0.6 is 0 Å². The van der Waals surface area contributed by atoms with Crippen LogP contribution in [0.4, 0.5) is 11.4 Å². The number of hydrogen-bond acceptors (Lipinski definition) is 2. The van der Waals surface area contributed by atoms with Gasteiger partial charge in [0.25, 0.3) is 0 Å². The summed E-state index contributed by atoms with van der Waals surface area (Å²) in [6, 6.07) is 13.6. The molecule has 2 N–H and O–H groups in total. The molecule has 0 aliphatic heterocycles. The highest BCUT2D eigenvalue weighted by Crippen LogP contribution is 2.35. The monoisotopic (exact) mass is 424 g/mol. The smallest absolute Gasteiger partial charge is 0.166 e. The molecule has 2 rings (SSSR count). The number of para-hydroxylation sites is 2. The first-order valence-electron chi connectivity index (χ1n) is 11.7. The van der Waals surface area contributed by atoms with E-state index in [4.69, 9.17) is 0 Å². The van der Waals surface area contributed by atoms with Crippen molar-refractivity contribution in [2.75, 3.05) is 16.5 Å².